The number of fused-ring (bicyclic) bond motifs is 1. The molecular weight excluding hydrogens is 492 g/mol. The van der Waals surface area contributed by atoms with Crippen LogP contribution in [0.3, 0.4) is 0 Å². The maximum Gasteiger partial charge on any atom is 0.335 e. The second-order valence-electron chi connectivity index (χ2n) is 8.31. The fraction of sp³-hybridized carbons (Fsp3) is 0.154. The average molecular weight is 517 g/mol. The lowest BCUT2D eigenvalue weighted by Gasteiger charge is -2.10. The molecule has 1 heterocycles. The molecule has 4 rings (SSSR count). The van der Waals surface area contributed by atoms with Crippen molar-refractivity contribution in [3.8, 4) is 0 Å². The molecule has 0 saturated carbocycles. The van der Waals surface area contributed by atoms with Crippen LogP contribution in [-0.2, 0) is 13.1 Å². The zero-order valence-corrected chi connectivity index (χ0v) is 20.1. The third-order valence-corrected chi connectivity index (χ3v) is 5.68. The first kappa shape index (κ1) is 25.8. The van der Waals surface area contributed by atoms with E-state index in [0.29, 0.717) is 41.8 Å². The Hall–Kier alpha value is -5.26. The number of benzene rings is 3. The highest BCUT2D eigenvalue weighted by molar-refractivity contribution is 6.05. The van der Waals surface area contributed by atoms with E-state index in [1.165, 1.54) is 36.4 Å². The van der Waals surface area contributed by atoms with Crippen molar-refractivity contribution >= 4 is 40.2 Å². The van der Waals surface area contributed by atoms with Gasteiger partial charge in [0.25, 0.3) is 11.6 Å². The summed E-state index contributed by atoms with van der Waals surface area (Å²) in [5.41, 5.74) is 2.31. The van der Waals surface area contributed by atoms with Gasteiger partial charge in [-0.25, -0.2) is 9.59 Å². The molecule has 1 aromatic heterocycles. The van der Waals surface area contributed by atoms with Crippen LogP contribution in [0, 0.1) is 10.1 Å². The van der Waals surface area contributed by atoms with E-state index in [1.54, 1.807) is 16.8 Å². The summed E-state index contributed by atoms with van der Waals surface area (Å²) >= 11 is 0. The molecule has 0 fully saturated rings. The summed E-state index contributed by atoms with van der Waals surface area (Å²) in [5, 5.41) is 33.2. The number of anilines is 1. The molecule has 12 heteroatoms. The van der Waals surface area contributed by atoms with Gasteiger partial charge in [-0.1, -0.05) is 30.3 Å². The average Bonchev–Trinajstić information content (AvgIpc) is 3.28. The Bertz CT molecular complexity index is 1480. The molecule has 4 N–H and O–H groups in total. The summed E-state index contributed by atoms with van der Waals surface area (Å²) in [6.07, 6.45) is 0.485. The van der Waals surface area contributed by atoms with Gasteiger partial charge in [-0.15, -0.1) is 0 Å². The van der Waals surface area contributed by atoms with Crippen molar-refractivity contribution < 1.29 is 24.4 Å². The Kier molecular flexibility index (Phi) is 7.92. The van der Waals surface area contributed by atoms with Gasteiger partial charge < -0.3 is 21.1 Å². The molecule has 0 aliphatic rings. The number of carbonyl (C=O) groups excluding carboxylic acids is 2. The number of hydrogen-bond acceptors (Lipinski definition) is 6. The lowest BCUT2D eigenvalue weighted by Crippen LogP contribution is -2.30. The summed E-state index contributed by atoms with van der Waals surface area (Å²) < 4.78 is 1.60. The molecule has 3 amide bonds. The number of hydrogen-bond donors (Lipinski definition) is 4. The molecule has 12 nitrogen and oxygen atoms in total. The lowest BCUT2D eigenvalue weighted by molar-refractivity contribution is -0.384. The van der Waals surface area contributed by atoms with E-state index in [-0.39, 0.29) is 23.7 Å². The SMILES string of the molecule is O=C(NCCCn1nc2ccccc2c1C(=O)NCc1ccc(C(=O)O)cc1)Nc1ccc([N+](=O)[O-])cc1. The maximum absolute atomic E-state index is 13.1. The molecule has 0 aliphatic heterocycles. The fourth-order valence-electron chi connectivity index (χ4n) is 3.79. The number of non-ortho nitro benzene ring substituents is 1. The van der Waals surface area contributed by atoms with Crippen molar-refractivity contribution in [3.05, 3.63) is 99.7 Å². The highest BCUT2D eigenvalue weighted by Gasteiger charge is 2.18. The Morgan fingerprint density at radius 3 is 2.34 bits per heavy atom. The molecule has 0 bridgehead atoms. The van der Waals surface area contributed by atoms with Crippen LogP contribution < -0.4 is 16.0 Å². The number of nitrogens with one attached hydrogen (secondary N) is 3. The Labute approximate surface area is 216 Å². The van der Waals surface area contributed by atoms with Gasteiger partial charge in [-0.05, 0) is 42.3 Å². The number of aromatic nitrogens is 2. The normalized spacial score (nSPS) is 10.6. The van der Waals surface area contributed by atoms with Gasteiger partial charge >= 0.3 is 12.0 Å². The highest BCUT2D eigenvalue weighted by atomic mass is 16.6. The van der Waals surface area contributed by atoms with Crippen molar-refractivity contribution in [3.63, 3.8) is 0 Å². The smallest absolute Gasteiger partial charge is 0.335 e. The predicted molar refractivity (Wildman–Crippen MR) is 139 cm³/mol. The molecule has 0 atom stereocenters. The number of rotatable bonds is 10. The summed E-state index contributed by atoms with van der Waals surface area (Å²) in [4.78, 5) is 46.5. The molecule has 0 saturated heterocycles. The van der Waals surface area contributed by atoms with Crippen molar-refractivity contribution in [2.75, 3.05) is 11.9 Å². The second-order valence-corrected chi connectivity index (χ2v) is 8.31. The summed E-state index contributed by atoms with van der Waals surface area (Å²) in [6, 6.07) is 18.5. The largest absolute Gasteiger partial charge is 0.478 e. The standard InChI is InChI=1S/C26H24N6O6/c33-24(28-16-17-6-8-18(9-7-17)25(34)35)23-21-4-1-2-5-22(21)30-31(23)15-3-14-27-26(36)29-19-10-12-20(13-11-19)32(37)38/h1-2,4-13H,3,14-16H2,(H,28,33)(H,34,35)(H2,27,29,36). The summed E-state index contributed by atoms with van der Waals surface area (Å²) in [5.74, 6) is -1.35. The third-order valence-electron chi connectivity index (χ3n) is 5.68. The number of carboxylic acids is 1. The first-order valence-electron chi connectivity index (χ1n) is 11.7. The molecule has 194 valence electrons. The Balaban J connectivity index is 1.34. The number of aromatic carboxylic acids is 1. The predicted octanol–water partition coefficient (Wildman–Crippen LogP) is 3.78. The first-order chi connectivity index (χ1) is 18.3. The minimum absolute atomic E-state index is 0.0708. The van der Waals surface area contributed by atoms with Crippen LogP contribution in [0.4, 0.5) is 16.2 Å². The topological polar surface area (TPSA) is 168 Å². The Morgan fingerprint density at radius 1 is 0.947 bits per heavy atom. The summed E-state index contributed by atoms with van der Waals surface area (Å²) in [7, 11) is 0. The van der Waals surface area contributed by atoms with E-state index in [1.807, 2.05) is 24.3 Å². The molecule has 0 radical (unpaired) electrons. The number of carboxylic acid groups (broad SMARTS) is 1. The zero-order valence-electron chi connectivity index (χ0n) is 20.1. The molecular formula is C26H24N6O6. The quantitative estimate of drug-likeness (QED) is 0.141. The van der Waals surface area contributed by atoms with Gasteiger partial charge in [-0.3, -0.25) is 19.6 Å². The molecule has 4 aromatic rings. The number of nitro benzene ring substituents is 1. The number of nitrogens with zero attached hydrogens (tertiary/aromatic N) is 3. The van der Waals surface area contributed by atoms with Crippen LogP contribution in [0.2, 0.25) is 0 Å². The van der Waals surface area contributed by atoms with E-state index in [2.05, 4.69) is 21.0 Å². The number of aryl methyl sites for hydroxylation is 1. The van der Waals surface area contributed by atoms with Crippen LogP contribution >= 0.6 is 0 Å². The fourth-order valence-corrected chi connectivity index (χ4v) is 3.79. The molecule has 0 unspecified atom stereocenters. The first-order valence-corrected chi connectivity index (χ1v) is 11.7. The van der Waals surface area contributed by atoms with E-state index in [9.17, 15) is 24.5 Å². The van der Waals surface area contributed by atoms with E-state index in [0.717, 1.165) is 5.56 Å². The van der Waals surface area contributed by atoms with Gasteiger partial charge in [0.2, 0.25) is 0 Å². The van der Waals surface area contributed by atoms with E-state index < -0.39 is 16.9 Å². The van der Waals surface area contributed by atoms with Crippen LogP contribution in [0.15, 0.2) is 72.8 Å². The minimum atomic E-state index is -1.02. The minimum Gasteiger partial charge on any atom is -0.478 e. The highest BCUT2D eigenvalue weighted by Crippen LogP contribution is 2.19. The van der Waals surface area contributed by atoms with Crippen molar-refractivity contribution in [2.24, 2.45) is 0 Å². The Morgan fingerprint density at radius 2 is 1.66 bits per heavy atom. The second kappa shape index (κ2) is 11.6. The van der Waals surface area contributed by atoms with Crippen molar-refractivity contribution in [2.45, 2.75) is 19.5 Å². The van der Waals surface area contributed by atoms with Crippen LogP contribution in [-0.4, -0.2) is 44.3 Å². The summed E-state index contributed by atoms with van der Waals surface area (Å²) in [6.45, 7) is 0.872. The van der Waals surface area contributed by atoms with E-state index >= 15 is 0 Å². The van der Waals surface area contributed by atoms with Gasteiger partial charge in [-0.2, -0.15) is 5.10 Å². The van der Waals surface area contributed by atoms with Crippen molar-refractivity contribution in [1.29, 1.82) is 0 Å². The molecule has 0 aliphatic carbocycles. The number of nitro groups is 1. The number of urea groups is 1. The van der Waals surface area contributed by atoms with Gasteiger partial charge in [0, 0.05) is 42.8 Å². The molecule has 3 aromatic carbocycles. The monoisotopic (exact) mass is 516 g/mol. The van der Waals surface area contributed by atoms with Gasteiger partial charge in [0.1, 0.15) is 5.69 Å². The molecule has 38 heavy (non-hydrogen) atoms. The van der Waals surface area contributed by atoms with Crippen LogP contribution in [0.5, 0.6) is 0 Å². The molecule has 0 spiro atoms. The van der Waals surface area contributed by atoms with E-state index in [4.69, 9.17) is 5.11 Å². The number of carbonyl (C=O) groups is 3. The maximum atomic E-state index is 13.1. The van der Waals surface area contributed by atoms with Gasteiger partial charge in [0.05, 0.1) is 16.0 Å². The van der Waals surface area contributed by atoms with Crippen LogP contribution in [0.1, 0.15) is 32.8 Å². The lowest BCUT2D eigenvalue weighted by atomic mass is 10.1. The number of amides is 3. The third kappa shape index (κ3) is 6.29. The van der Waals surface area contributed by atoms with Crippen molar-refractivity contribution in [1.82, 2.24) is 20.4 Å². The van der Waals surface area contributed by atoms with Gasteiger partial charge in [0.15, 0.2) is 0 Å². The van der Waals surface area contributed by atoms with Crippen LogP contribution in [0.25, 0.3) is 10.9 Å². The zero-order chi connectivity index (χ0) is 27.1.